The highest BCUT2D eigenvalue weighted by molar-refractivity contribution is 8.18. The second-order valence-corrected chi connectivity index (χ2v) is 8.31. The predicted molar refractivity (Wildman–Crippen MR) is 128 cm³/mol. The summed E-state index contributed by atoms with van der Waals surface area (Å²) in [6.07, 6.45) is 1.60. The molecule has 4 N–H and O–H groups in total. The van der Waals surface area contributed by atoms with E-state index in [4.69, 9.17) is 14.9 Å². The van der Waals surface area contributed by atoms with Gasteiger partial charge in [0.2, 0.25) is 0 Å². The lowest BCUT2D eigenvalue weighted by molar-refractivity contribution is -0.118. The maximum atomic E-state index is 12.4. The van der Waals surface area contributed by atoms with Gasteiger partial charge in [0.25, 0.3) is 17.1 Å². The number of ether oxygens (including phenoxy) is 1. The van der Waals surface area contributed by atoms with Crippen molar-refractivity contribution in [2.24, 2.45) is 0 Å². The van der Waals surface area contributed by atoms with Crippen molar-refractivity contribution in [1.82, 2.24) is 5.32 Å². The Morgan fingerprint density at radius 2 is 1.60 bits per heavy atom. The zero-order valence-corrected chi connectivity index (χ0v) is 18.5. The number of nitrogens with one attached hydrogen (secondary N) is 2. The minimum absolute atomic E-state index is 0.00428. The first-order chi connectivity index (χ1) is 16.7. The van der Waals surface area contributed by atoms with E-state index in [0.717, 1.165) is 35.3 Å². The molecule has 1 fully saturated rings. The molecule has 0 radical (unpaired) electrons. The number of hydrogen-bond donors (Lipinski definition) is 4. The molecule has 0 spiro atoms. The van der Waals surface area contributed by atoms with Gasteiger partial charge in [-0.2, -0.15) is 0 Å². The van der Waals surface area contributed by atoms with E-state index in [9.17, 15) is 24.0 Å². The summed E-state index contributed by atoms with van der Waals surface area (Å²) in [6.45, 7) is -0.434. The second-order valence-electron chi connectivity index (χ2n) is 7.30. The third-order valence-electron chi connectivity index (χ3n) is 4.92. The first kappa shape index (κ1) is 23.5. The fourth-order valence-electron chi connectivity index (χ4n) is 3.40. The molecule has 1 aliphatic rings. The molecule has 176 valence electrons. The van der Waals surface area contributed by atoms with Gasteiger partial charge in [0.15, 0.2) is 6.61 Å². The number of fused-ring (bicyclic) bond motifs is 1. The number of carbonyl (C=O) groups excluding carboxylic acids is 3. The number of carboxylic acids is 2. The SMILES string of the molecule is O=C(COc1ccc(/C=C2\SC(=O)NC2=O)c2ccccc12)Nc1cc(C(=O)O)cc(C(=O)O)c1. The summed E-state index contributed by atoms with van der Waals surface area (Å²) in [5.41, 5.74) is 0.112. The molecule has 10 nitrogen and oxygen atoms in total. The van der Waals surface area contributed by atoms with Crippen LogP contribution in [-0.4, -0.2) is 45.8 Å². The number of benzene rings is 3. The van der Waals surface area contributed by atoms with Crippen molar-refractivity contribution in [2.75, 3.05) is 11.9 Å². The zero-order valence-electron chi connectivity index (χ0n) is 17.7. The van der Waals surface area contributed by atoms with Crippen LogP contribution in [-0.2, 0) is 9.59 Å². The van der Waals surface area contributed by atoms with E-state index in [2.05, 4.69) is 10.6 Å². The lowest BCUT2D eigenvalue weighted by atomic mass is 10.0. The second kappa shape index (κ2) is 9.69. The Balaban J connectivity index is 1.53. The van der Waals surface area contributed by atoms with Gasteiger partial charge < -0.3 is 20.3 Å². The molecule has 0 unspecified atom stereocenters. The van der Waals surface area contributed by atoms with E-state index < -0.39 is 35.6 Å². The number of hydrogen-bond acceptors (Lipinski definition) is 7. The lowest BCUT2D eigenvalue weighted by Crippen LogP contribution is -2.20. The Morgan fingerprint density at radius 3 is 2.20 bits per heavy atom. The number of amides is 3. The van der Waals surface area contributed by atoms with Gasteiger partial charge in [-0.25, -0.2) is 9.59 Å². The van der Waals surface area contributed by atoms with Crippen LogP contribution in [0.2, 0.25) is 0 Å². The van der Waals surface area contributed by atoms with Crippen LogP contribution >= 0.6 is 11.8 Å². The molecule has 1 aliphatic heterocycles. The summed E-state index contributed by atoms with van der Waals surface area (Å²) in [5, 5.41) is 23.9. The molecule has 0 saturated carbocycles. The molecule has 35 heavy (non-hydrogen) atoms. The standard InChI is InChI=1S/C24H16N2O8S/c27-20(25-15-8-13(22(29)30)7-14(9-15)23(31)32)11-34-18-6-5-12(16-3-1-2-4-17(16)18)10-19-21(28)26-24(33)35-19/h1-10H,11H2,(H,25,27)(H,29,30)(H,31,32)(H,26,28,33)/b19-10-. The maximum Gasteiger partial charge on any atom is 0.335 e. The van der Waals surface area contributed by atoms with Crippen molar-refractivity contribution in [3.8, 4) is 5.75 Å². The monoisotopic (exact) mass is 492 g/mol. The van der Waals surface area contributed by atoms with E-state index in [1.54, 1.807) is 42.5 Å². The van der Waals surface area contributed by atoms with Crippen molar-refractivity contribution < 1.29 is 38.9 Å². The molecule has 3 aromatic rings. The topological polar surface area (TPSA) is 159 Å². The third kappa shape index (κ3) is 5.31. The Hall–Kier alpha value is -4.64. The molecule has 1 saturated heterocycles. The van der Waals surface area contributed by atoms with Crippen LogP contribution in [0.1, 0.15) is 26.3 Å². The van der Waals surface area contributed by atoms with Crippen LogP contribution in [0, 0.1) is 0 Å². The molecule has 11 heteroatoms. The average Bonchev–Trinajstić information content (AvgIpc) is 3.14. The summed E-state index contributed by atoms with van der Waals surface area (Å²) < 4.78 is 5.67. The highest BCUT2D eigenvalue weighted by Crippen LogP contribution is 2.32. The van der Waals surface area contributed by atoms with Gasteiger partial charge in [-0.3, -0.25) is 19.7 Å². The van der Waals surface area contributed by atoms with Gasteiger partial charge >= 0.3 is 11.9 Å². The van der Waals surface area contributed by atoms with Gasteiger partial charge in [0.05, 0.1) is 16.0 Å². The van der Waals surface area contributed by atoms with Crippen molar-refractivity contribution >= 4 is 63.3 Å². The van der Waals surface area contributed by atoms with E-state index >= 15 is 0 Å². The van der Waals surface area contributed by atoms with Crippen molar-refractivity contribution in [2.45, 2.75) is 0 Å². The van der Waals surface area contributed by atoms with E-state index in [0.29, 0.717) is 16.7 Å². The minimum Gasteiger partial charge on any atom is -0.483 e. The largest absolute Gasteiger partial charge is 0.483 e. The van der Waals surface area contributed by atoms with E-state index in [1.165, 1.54) is 0 Å². The highest BCUT2D eigenvalue weighted by Gasteiger charge is 2.25. The zero-order chi connectivity index (χ0) is 25.1. The molecular weight excluding hydrogens is 476 g/mol. The van der Waals surface area contributed by atoms with Gasteiger partial charge in [0, 0.05) is 11.1 Å². The molecule has 3 amide bonds. The Kier molecular flexibility index (Phi) is 6.51. The quantitative estimate of drug-likeness (QED) is 0.362. The smallest absolute Gasteiger partial charge is 0.335 e. The number of thioether (sulfide) groups is 1. The molecular formula is C24H16N2O8S. The van der Waals surface area contributed by atoms with Crippen LogP contribution in [0.15, 0.2) is 59.5 Å². The van der Waals surface area contributed by atoms with Crippen molar-refractivity contribution in [3.05, 3.63) is 76.2 Å². The molecule has 4 rings (SSSR count). The van der Waals surface area contributed by atoms with E-state index in [-0.39, 0.29) is 21.7 Å². The van der Waals surface area contributed by atoms with Crippen molar-refractivity contribution in [1.29, 1.82) is 0 Å². The molecule has 0 bridgehead atoms. The van der Waals surface area contributed by atoms with Gasteiger partial charge in [-0.1, -0.05) is 30.3 Å². The van der Waals surface area contributed by atoms with Crippen LogP contribution in [0.4, 0.5) is 10.5 Å². The Labute approximate surface area is 201 Å². The number of imide groups is 1. The molecule has 3 aromatic carbocycles. The van der Waals surface area contributed by atoms with Crippen LogP contribution < -0.4 is 15.4 Å². The number of carbonyl (C=O) groups is 5. The number of aromatic carboxylic acids is 2. The number of carboxylic acid groups (broad SMARTS) is 2. The van der Waals surface area contributed by atoms with Crippen LogP contribution in [0.3, 0.4) is 0 Å². The number of rotatable bonds is 7. The maximum absolute atomic E-state index is 12.4. The van der Waals surface area contributed by atoms with Gasteiger partial charge in [-0.15, -0.1) is 0 Å². The number of anilines is 1. The van der Waals surface area contributed by atoms with E-state index in [1.807, 2.05) is 0 Å². The van der Waals surface area contributed by atoms with Gasteiger partial charge in [-0.05, 0) is 53.1 Å². The fourth-order valence-corrected chi connectivity index (χ4v) is 4.07. The third-order valence-corrected chi connectivity index (χ3v) is 5.73. The normalized spacial score (nSPS) is 14.1. The fraction of sp³-hybridized carbons (Fsp3) is 0.0417. The summed E-state index contributed by atoms with van der Waals surface area (Å²) >= 11 is 0.806. The van der Waals surface area contributed by atoms with Gasteiger partial charge in [0.1, 0.15) is 5.75 Å². The summed E-state index contributed by atoms with van der Waals surface area (Å²) in [5.74, 6) is -3.39. The summed E-state index contributed by atoms with van der Waals surface area (Å²) in [4.78, 5) is 58.5. The molecule has 0 atom stereocenters. The lowest BCUT2D eigenvalue weighted by Gasteiger charge is -2.12. The Morgan fingerprint density at radius 1 is 0.943 bits per heavy atom. The average molecular weight is 492 g/mol. The molecule has 0 aromatic heterocycles. The minimum atomic E-state index is -1.33. The van der Waals surface area contributed by atoms with Crippen LogP contribution in [0.25, 0.3) is 16.8 Å². The van der Waals surface area contributed by atoms with Crippen molar-refractivity contribution in [3.63, 3.8) is 0 Å². The highest BCUT2D eigenvalue weighted by atomic mass is 32.2. The molecule has 1 heterocycles. The summed E-state index contributed by atoms with van der Waals surface area (Å²) in [7, 11) is 0. The Bertz CT molecular complexity index is 1410. The first-order valence-corrected chi connectivity index (χ1v) is 10.8. The predicted octanol–water partition coefficient (Wildman–Crippen LogP) is 3.58. The first-order valence-electron chi connectivity index (χ1n) is 10.0. The van der Waals surface area contributed by atoms with Crippen LogP contribution in [0.5, 0.6) is 5.75 Å². The summed E-state index contributed by atoms with van der Waals surface area (Å²) in [6, 6.07) is 13.7. The molecule has 0 aliphatic carbocycles.